The molecule has 6 nitrogen and oxygen atoms in total. The Hall–Kier alpha value is -2.05. The van der Waals surface area contributed by atoms with Crippen molar-refractivity contribution in [2.24, 2.45) is 0 Å². The van der Waals surface area contributed by atoms with Crippen molar-refractivity contribution in [3.8, 4) is 0 Å². The number of aromatic amines is 1. The fourth-order valence-corrected chi connectivity index (χ4v) is 3.27. The summed E-state index contributed by atoms with van der Waals surface area (Å²) < 4.78 is 15.9. The first-order valence-electron chi connectivity index (χ1n) is 7.17. The van der Waals surface area contributed by atoms with Crippen LogP contribution >= 0.6 is 11.6 Å². The number of nitrogens with one attached hydrogen (secondary N) is 1. The standard InChI is InChI=1S/C16H16ClNO5/c1-9(19)23-16(8-13(20)21-2)15-10(6-7-22-16)14-11(17)4-3-5-12(14)18-15/h3-5,18H,6-8H2,1-2H3. The number of fused-ring (bicyclic) bond motifs is 3. The highest BCUT2D eigenvalue weighted by molar-refractivity contribution is 6.35. The number of methoxy groups -OCH3 is 1. The summed E-state index contributed by atoms with van der Waals surface area (Å²) in [5, 5.41) is 1.45. The van der Waals surface area contributed by atoms with Crippen LogP contribution in [0.15, 0.2) is 18.2 Å². The smallest absolute Gasteiger partial charge is 0.312 e. The van der Waals surface area contributed by atoms with Crippen LogP contribution in [0.25, 0.3) is 10.9 Å². The van der Waals surface area contributed by atoms with Gasteiger partial charge in [-0.2, -0.15) is 0 Å². The Labute approximate surface area is 137 Å². The van der Waals surface area contributed by atoms with E-state index in [9.17, 15) is 9.59 Å². The molecule has 2 heterocycles. The number of hydrogen-bond acceptors (Lipinski definition) is 5. The highest BCUT2D eigenvalue weighted by atomic mass is 35.5. The molecule has 122 valence electrons. The Balaban J connectivity index is 2.20. The second kappa shape index (κ2) is 5.86. The third kappa shape index (κ3) is 2.68. The van der Waals surface area contributed by atoms with Crippen molar-refractivity contribution in [2.75, 3.05) is 13.7 Å². The van der Waals surface area contributed by atoms with Crippen LogP contribution in [0.3, 0.4) is 0 Å². The molecule has 2 aromatic rings. The molecular weight excluding hydrogens is 322 g/mol. The Morgan fingerprint density at radius 1 is 1.43 bits per heavy atom. The zero-order valence-corrected chi connectivity index (χ0v) is 13.5. The van der Waals surface area contributed by atoms with E-state index in [-0.39, 0.29) is 6.42 Å². The summed E-state index contributed by atoms with van der Waals surface area (Å²) in [6.07, 6.45) is 0.365. The van der Waals surface area contributed by atoms with Crippen LogP contribution < -0.4 is 0 Å². The lowest BCUT2D eigenvalue weighted by molar-refractivity contribution is -0.248. The van der Waals surface area contributed by atoms with Crippen molar-refractivity contribution in [1.29, 1.82) is 0 Å². The molecule has 1 aromatic heterocycles. The van der Waals surface area contributed by atoms with Crippen LogP contribution in [0, 0.1) is 0 Å². The molecule has 0 fully saturated rings. The first-order valence-corrected chi connectivity index (χ1v) is 7.54. The molecule has 3 rings (SSSR count). The molecule has 0 bridgehead atoms. The van der Waals surface area contributed by atoms with E-state index in [0.717, 1.165) is 16.5 Å². The van der Waals surface area contributed by atoms with E-state index < -0.39 is 17.7 Å². The van der Waals surface area contributed by atoms with E-state index in [1.165, 1.54) is 14.0 Å². The van der Waals surface area contributed by atoms with Crippen molar-refractivity contribution in [1.82, 2.24) is 4.98 Å². The number of halogens is 1. The average Bonchev–Trinajstić information content (AvgIpc) is 2.88. The summed E-state index contributed by atoms with van der Waals surface area (Å²) in [6, 6.07) is 5.48. The second-order valence-corrected chi connectivity index (χ2v) is 5.75. The molecule has 0 amide bonds. The normalized spacial score (nSPS) is 20.1. The van der Waals surface area contributed by atoms with Crippen LogP contribution in [-0.4, -0.2) is 30.6 Å². The number of carbonyl (C=O) groups excluding carboxylic acids is 2. The summed E-state index contributed by atoms with van der Waals surface area (Å²) in [5.41, 5.74) is 2.23. The lowest BCUT2D eigenvalue weighted by Gasteiger charge is -2.35. The van der Waals surface area contributed by atoms with Crippen molar-refractivity contribution in [2.45, 2.75) is 25.6 Å². The van der Waals surface area contributed by atoms with E-state index in [4.69, 9.17) is 25.8 Å². The van der Waals surface area contributed by atoms with Gasteiger partial charge < -0.3 is 19.2 Å². The minimum atomic E-state index is -1.52. The molecule has 0 aliphatic carbocycles. The third-order valence-electron chi connectivity index (χ3n) is 3.86. The van der Waals surface area contributed by atoms with E-state index in [2.05, 4.69) is 4.98 Å². The number of rotatable bonds is 3. The number of benzene rings is 1. The van der Waals surface area contributed by atoms with Gasteiger partial charge in [0.25, 0.3) is 5.79 Å². The summed E-state index contributed by atoms with van der Waals surface area (Å²) in [5.74, 6) is -2.61. The molecule has 0 saturated heterocycles. The highest BCUT2D eigenvalue weighted by Crippen LogP contribution is 2.42. The minimum absolute atomic E-state index is 0.236. The molecule has 1 N–H and O–H groups in total. The number of esters is 2. The predicted octanol–water partition coefficient (Wildman–Crippen LogP) is 2.67. The molecule has 1 aliphatic rings. The van der Waals surface area contributed by atoms with Gasteiger partial charge in [0.05, 0.1) is 24.4 Å². The van der Waals surface area contributed by atoms with E-state index >= 15 is 0 Å². The zero-order valence-electron chi connectivity index (χ0n) is 12.8. The molecule has 1 aromatic carbocycles. The first-order chi connectivity index (χ1) is 11.0. The summed E-state index contributed by atoms with van der Waals surface area (Å²) in [7, 11) is 1.27. The van der Waals surface area contributed by atoms with Gasteiger partial charge in [-0.1, -0.05) is 17.7 Å². The SMILES string of the molecule is COC(=O)CC1(OC(C)=O)OCCc2c1[nH]c1cccc(Cl)c21. The topological polar surface area (TPSA) is 77.6 Å². The maximum Gasteiger partial charge on any atom is 0.312 e. The van der Waals surface area contributed by atoms with Crippen LogP contribution in [-0.2, 0) is 36.0 Å². The Morgan fingerprint density at radius 3 is 2.91 bits per heavy atom. The van der Waals surface area contributed by atoms with Crippen LogP contribution in [0.1, 0.15) is 24.6 Å². The maximum atomic E-state index is 11.8. The highest BCUT2D eigenvalue weighted by Gasteiger charge is 2.46. The lowest BCUT2D eigenvalue weighted by Crippen LogP contribution is -2.41. The van der Waals surface area contributed by atoms with Crippen molar-refractivity contribution in [3.05, 3.63) is 34.5 Å². The monoisotopic (exact) mass is 337 g/mol. The molecular formula is C16H16ClNO5. The fourth-order valence-electron chi connectivity index (χ4n) is 2.99. The van der Waals surface area contributed by atoms with Gasteiger partial charge in [0.2, 0.25) is 0 Å². The molecule has 23 heavy (non-hydrogen) atoms. The number of H-pyrrole nitrogens is 1. The van der Waals surface area contributed by atoms with Crippen LogP contribution in [0.4, 0.5) is 0 Å². The first kappa shape index (κ1) is 15.8. The number of ether oxygens (including phenoxy) is 3. The number of carbonyl (C=O) groups is 2. The Bertz CT molecular complexity index is 784. The van der Waals surface area contributed by atoms with Crippen molar-refractivity contribution >= 4 is 34.4 Å². The van der Waals surface area contributed by atoms with E-state index in [0.29, 0.717) is 23.7 Å². The Morgan fingerprint density at radius 2 is 2.22 bits per heavy atom. The van der Waals surface area contributed by atoms with Gasteiger partial charge in [0, 0.05) is 17.8 Å². The van der Waals surface area contributed by atoms with Crippen molar-refractivity contribution < 1.29 is 23.8 Å². The van der Waals surface area contributed by atoms with Crippen molar-refractivity contribution in [3.63, 3.8) is 0 Å². The average molecular weight is 338 g/mol. The van der Waals surface area contributed by atoms with Gasteiger partial charge in [-0.3, -0.25) is 9.59 Å². The van der Waals surface area contributed by atoms with E-state index in [1.54, 1.807) is 6.07 Å². The molecule has 7 heteroatoms. The maximum absolute atomic E-state index is 11.8. The lowest BCUT2D eigenvalue weighted by atomic mass is 9.97. The van der Waals surface area contributed by atoms with E-state index in [1.807, 2.05) is 12.1 Å². The quantitative estimate of drug-likeness (QED) is 0.871. The fraction of sp³-hybridized carbons (Fsp3) is 0.375. The number of hydrogen-bond donors (Lipinski definition) is 1. The molecule has 1 atom stereocenters. The van der Waals surface area contributed by atoms with Gasteiger partial charge in [-0.25, -0.2) is 0 Å². The molecule has 0 spiro atoms. The summed E-state index contributed by atoms with van der Waals surface area (Å²) >= 11 is 6.31. The minimum Gasteiger partial charge on any atom is -0.469 e. The van der Waals surface area contributed by atoms with Gasteiger partial charge in [0.15, 0.2) is 0 Å². The molecule has 0 radical (unpaired) electrons. The predicted molar refractivity (Wildman–Crippen MR) is 83.0 cm³/mol. The zero-order chi connectivity index (χ0) is 16.6. The number of aromatic nitrogens is 1. The Kier molecular flexibility index (Phi) is 4.04. The van der Waals surface area contributed by atoms with Crippen LogP contribution in [0.5, 0.6) is 0 Å². The van der Waals surface area contributed by atoms with Gasteiger partial charge in [0.1, 0.15) is 6.42 Å². The summed E-state index contributed by atoms with van der Waals surface area (Å²) in [6.45, 7) is 1.57. The third-order valence-corrected chi connectivity index (χ3v) is 4.17. The van der Waals surface area contributed by atoms with Gasteiger partial charge >= 0.3 is 11.9 Å². The summed E-state index contributed by atoms with van der Waals surface area (Å²) in [4.78, 5) is 26.6. The second-order valence-electron chi connectivity index (χ2n) is 5.34. The largest absolute Gasteiger partial charge is 0.469 e. The van der Waals surface area contributed by atoms with Crippen LogP contribution in [0.2, 0.25) is 5.02 Å². The molecule has 1 unspecified atom stereocenters. The van der Waals surface area contributed by atoms with Gasteiger partial charge in [-0.05, 0) is 24.1 Å². The van der Waals surface area contributed by atoms with Gasteiger partial charge in [-0.15, -0.1) is 0 Å². The molecule has 1 aliphatic heterocycles. The molecule has 0 saturated carbocycles.